The van der Waals surface area contributed by atoms with Gasteiger partial charge in [0.15, 0.2) is 18.1 Å². The molecule has 0 aliphatic heterocycles. The maximum atomic E-state index is 12.4. The van der Waals surface area contributed by atoms with Gasteiger partial charge in [0.2, 0.25) is 0 Å². The van der Waals surface area contributed by atoms with Crippen molar-refractivity contribution in [3.8, 4) is 17.6 Å². The lowest BCUT2D eigenvalue weighted by atomic mass is 10.1. The summed E-state index contributed by atoms with van der Waals surface area (Å²) in [5.41, 5.74) is 2.11. The highest BCUT2D eigenvalue weighted by Crippen LogP contribution is 2.28. The van der Waals surface area contributed by atoms with Gasteiger partial charge in [0.05, 0.1) is 24.3 Å². The molecular formula is C24H19BrN2O5. The number of halogens is 1. The number of carbonyl (C=O) groups is 2. The number of amides is 1. The minimum absolute atomic E-state index is 0.0329. The lowest BCUT2D eigenvalue weighted by Crippen LogP contribution is -2.20. The topological polar surface area (TPSA) is 97.7 Å². The Morgan fingerprint density at radius 1 is 1.03 bits per heavy atom. The lowest BCUT2D eigenvalue weighted by Gasteiger charge is -2.12. The van der Waals surface area contributed by atoms with Gasteiger partial charge in [0.1, 0.15) is 6.61 Å². The minimum atomic E-state index is -0.551. The van der Waals surface area contributed by atoms with Crippen LogP contribution >= 0.6 is 15.9 Å². The summed E-state index contributed by atoms with van der Waals surface area (Å²) in [5, 5.41) is 11.7. The number of nitrogens with zero attached hydrogens (tertiary/aromatic N) is 1. The van der Waals surface area contributed by atoms with Gasteiger partial charge in [-0.3, -0.25) is 4.79 Å². The molecule has 3 aromatic carbocycles. The third-order valence-corrected chi connectivity index (χ3v) is 4.84. The first-order valence-corrected chi connectivity index (χ1v) is 10.3. The number of methoxy groups -OCH3 is 1. The fourth-order valence-electron chi connectivity index (χ4n) is 2.75. The first kappa shape index (κ1) is 22.8. The van der Waals surface area contributed by atoms with E-state index < -0.39 is 5.97 Å². The minimum Gasteiger partial charge on any atom is -0.493 e. The molecule has 0 bridgehead atoms. The Morgan fingerprint density at radius 2 is 1.81 bits per heavy atom. The second-order valence-corrected chi connectivity index (χ2v) is 7.51. The number of esters is 1. The molecule has 7 nitrogen and oxygen atoms in total. The van der Waals surface area contributed by atoms with Gasteiger partial charge in [0.25, 0.3) is 5.91 Å². The normalized spacial score (nSPS) is 10.0. The van der Waals surface area contributed by atoms with Crippen LogP contribution in [0.25, 0.3) is 0 Å². The van der Waals surface area contributed by atoms with Gasteiger partial charge in [-0.25, -0.2) is 4.79 Å². The smallest absolute Gasteiger partial charge is 0.338 e. The van der Waals surface area contributed by atoms with Crippen molar-refractivity contribution in [2.45, 2.75) is 6.61 Å². The van der Waals surface area contributed by atoms with Gasteiger partial charge in [-0.2, -0.15) is 5.26 Å². The van der Waals surface area contributed by atoms with Gasteiger partial charge >= 0.3 is 5.97 Å². The summed E-state index contributed by atoms with van der Waals surface area (Å²) >= 11 is 3.34. The van der Waals surface area contributed by atoms with Crippen LogP contribution in [0.15, 0.2) is 71.2 Å². The van der Waals surface area contributed by atoms with E-state index in [0.717, 1.165) is 4.47 Å². The number of anilines is 1. The molecular weight excluding hydrogens is 476 g/mol. The van der Waals surface area contributed by atoms with Crippen LogP contribution in [0, 0.1) is 11.3 Å². The van der Waals surface area contributed by atoms with Gasteiger partial charge in [0, 0.05) is 10.2 Å². The van der Waals surface area contributed by atoms with E-state index in [4.69, 9.17) is 19.5 Å². The molecule has 162 valence electrons. The van der Waals surface area contributed by atoms with Crippen LogP contribution in [0.2, 0.25) is 0 Å². The largest absolute Gasteiger partial charge is 0.493 e. The van der Waals surface area contributed by atoms with Gasteiger partial charge in [-0.15, -0.1) is 0 Å². The highest BCUT2D eigenvalue weighted by molar-refractivity contribution is 9.10. The summed E-state index contributed by atoms with van der Waals surface area (Å²) in [6.45, 7) is -0.198. The predicted molar refractivity (Wildman–Crippen MR) is 122 cm³/mol. The van der Waals surface area contributed by atoms with Crippen molar-refractivity contribution >= 4 is 33.5 Å². The maximum Gasteiger partial charge on any atom is 0.338 e. The van der Waals surface area contributed by atoms with E-state index in [1.807, 2.05) is 18.2 Å². The fourth-order valence-corrected chi connectivity index (χ4v) is 3.01. The van der Waals surface area contributed by atoms with Crippen LogP contribution in [0.1, 0.15) is 21.5 Å². The third kappa shape index (κ3) is 6.33. The predicted octanol–water partition coefficient (Wildman–Crippen LogP) is 4.70. The van der Waals surface area contributed by atoms with Crippen molar-refractivity contribution in [2.24, 2.45) is 0 Å². The van der Waals surface area contributed by atoms with Crippen LogP contribution < -0.4 is 14.8 Å². The molecule has 0 aromatic heterocycles. The maximum absolute atomic E-state index is 12.4. The van der Waals surface area contributed by atoms with Crippen LogP contribution in [0.3, 0.4) is 0 Å². The lowest BCUT2D eigenvalue weighted by molar-refractivity contribution is -0.118. The number of ether oxygens (including phenoxy) is 3. The Kier molecular flexibility index (Phi) is 7.84. The molecule has 0 saturated carbocycles. The van der Waals surface area contributed by atoms with E-state index in [2.05, 4.69) is 21.2 Å². The van der Waals surface area contributed by atoms with E-state index in [-0.39, 0.29) is 24.7 Å². The van der Waals surface area contributed by atoms with Crippen molar-refractivity contribution in [2.75, 3.05) is 19.0 Å². The SMILES string of the molecule is COc1cc(C(=O)OCc2cccc(C#N)c2)ccc1OCC(=O)Nc1ccc(Br)cc1. The number of carbonyl (C=O) groups excluding carboxylic acids is 2. The standard InChI is InChI=1S/C24H19BrN2O5/c1-30-22-12-18(24(29)32-14-17-4-2-3-16(11-17)13-26)5-10-21(22)31-15-23(28)27-20-8-6-19(25)7-9-20/h2-12H,14-15H2,1H3,(H,27,28). The Balaban J connectivity index is 1.58. The molecule has 0 fully saturated rings. The zero-order valence-electron chi connectivity index (χ0n) is 17.1. The number of rotatable bonds is 8. The Bertz CT molecular complexity index is 1160. The summed E-state index contributed by atoms with van der Waals surface area (Å²) in [6, 6.07) is 20.6. The molecule has 8 heteroatoms. The Morgan fingerprint density at radius 3 is 2.53 bits per heavy atom. The van der Waals surface area contributed by atoms with E-state index in [1.54, 1.807) is 42.5 Å². The van der Waals surface area contributed by atoms with Crippen LogP contribution in [0.4, 0.5) is 5.69 Å². The molecule has 0 heterocycles. The van der Waals surface area contributed by atoms with E-state index in [1.165, 1.54) is 19.2 Å². The molecule has 0 atom stereocenters. The molecule has 1 N–H and O–H groups in total. The Hall–Kier alpha value is -3.83. The van der Waals surface area contributed by atoms with Gasteiger partial charge < -0.3 is 19.5 Å². The first-order chi connectivity index (χ1) is 15.5. The van der Waals surface area contributed by atoms with Crippen molar-refractivity contribution < 1.29 is 23.8 Å². The zero-order chi connectivity index (χ0) is 22.9. The second-order valence-electron chi connectivity index (χ2n) is 6.60. The summed E-state index contributed by atoms with van der Waals surface area (Å²) < 4.78 is 17.1. The van der Waals surface area contributed by atoms with E-state index in [0.29, 0.717) is 28.3 Å². The molecule has 0 unspecified atom stereocenters. The van der Waals surface area contributed by atoms with E-state index in [9.17, 15) is 9.59 Å². The fraction of sp³-hybridized carbons (Fsp3) is 0.125. The van der Waals surface area contributed by atoms with Crippen molar-refractivity contribution in [3.05, 3.63) is 87.9 Å². The second kappa shape index (κ2) is 11.0. The van der Waals surface area contributed by atoms with Gasteiger partial charge in [-0.1, -0.05) is 28.1 Å². The molecule has 32 heavy (non-hydrogen) atoms. The summed E-state index contributed by atoms with van der Waals surface area (Å²) in [5.74, 6) is -0.276. The molecule has 3 aromatic rings. The molecule has 0 aliphatic rings. The third-order valence-electron chi connectivity index (χ3n) is 4.31. The van der Waals surface area contributed by atoms with Gasteiger partial charge in [-0.05, 0) is 60.2 Å². The van der Waals surface area contributed by atoms with Crippen LogP contribution in [-0.2, 0) is 16.1 Å². The number of nitriles is 1. The monoisotopic (exact) mass is 494 g/mol. The van der Waals surface area contributed by atoms with Crippen molar-refractivity contribution in [1.29, 1.82) is 5.26 Å². The Labute approximate surface area is 193 Å². The quantitative estimate of drug-likeness (QED) is 0.455. The molecule has 3 rings (SSSR count). The average Bonchev–Trinajstić information content (AvgIpc) is 2.82. The number of nitrogens with one attached hydrogen (secondary N) is 1. The molecule has 0 spiro atoms. The first-order valence-electron chi connectivity index (χ1n) is 9.51. The van der Waals surface area contributed by atoms with E-state index >= 15 is 0 Å². The summed E-state index contributed by atoms with van der Waals surface area (Å²) in [6.07, 6.45) is 0. The molecule has 1 amide bonds. The highest BCUT2D eigenvalue weighted by Gasteiger charge is 2.14. The highest BCUT2D eigenvalue weighted by atomic mass is 79.9. The molecule has 0 radical (unpaired) electrons. The van der Waals surface area contributed by atoms with Crippen LogP contribution in [-0.4, -0.2) is 25.6 Å². The number of hydrogen-bond donors (Lipinski definition) is 1. The zero-order valence-corrected chi connectivity index (χ0v) is 18.7. The molecule has 0 aliphatic carbocycles. The van der Waals surface area contributed by atoms with Crippen molar-refractivity contribution in [3.63, 3.8) is 0 Å². The summed E-state index contributed by atoms with van der Waals surface area (Å²) in [7, 11) is 1.44. The average molecular weight is 495 g/mol. The van der Waals surface area contributed by atoms with Crippen molar-refractivity contribution in [1.82, 2.24) is 0 Å². The molecule has 0 saturated heterocycles. The summed E-state index contributed by atoms with van der Waals surface area (Å²) in [4.78, 5) is 24.5. The number of benzene rings is 3. The number of hydrogen-bond acceptors (Lipinski definition) is 6. The van der Waals surface area contributed by atoms with Crippen LogP contribution in [0.5, 0.6) is 11.5 Å².